The Balaban J connectivity index is 3.83. The van der Waals surface area contributed by atoms with Crippen LogP contribution in [0.1, 0.15) is 6.92 Å². The van der Waals surface area contributed by atoms with Crippen molar-refractivity contribution >= 4 is 11.7 Å². The zero-order valence-electron chi connectivity index (χ0n) is 5.29. The van der Waals surface area contributed by atoms with Crippen molar-refractivity contribution in [2.24, 2.45) is 4.99 Å². The van der Waals surface area contributed by atoms with Gasteiger partial charge in [-0.1, -0.05) is 6.08 Å². The van der Waals surface area contributed by atoms with Crippen molar-refractivity contribution in [3.8, 4) is 0 Å². The van der Waals surface area contributed by atoms with Crippen LogP contribution in [0.5, 0.6) is 0 Å². The Morgan fingerprint density at radius 1 is 1.89 bits per heavy atom. The number of carboxylic acid groups (broad SMARTS) is 1. The van der Waals surface area contributed by atoms with Crippen molar-refractivity contribution < 1.29 is 9.90 Å². The maximum atomic E-state index is 10.0. The minimum absolute atomic E-state index is 0.120. The fourth-order valence-electron chi connectivity index (χ4n) is 0.269. The lowest BCUT2D eigenvalue weighted by molar-refractivity contribution is -0.129. The van der Waals surface area contributed by atoms with E-state index in [1.54, 1.807) is 6.08 Å². The number of hydrogen-bond acceptors (Lipinski definition) is 2. The van der Waals surface area contributed by atoms with E-state index in [2.05, 4.69) is 11.6 Å². The summed E-state index contributed by atoms with van der Waals surface area (Å²) in [6.45, 7) is 5.22. The molecule has 0 atom stereocenters. The lowest BCUT2D eigenvalue weighted by atomic mass is 10.4. The summed E-state index contributed by atoms with van der Waals surface area (Å²) in [6, 6.07) is 0. The molecule has 0 saturated carbocycles. The van der Waals surface area contributed by atoms with E-state index < -0.39 is 5.97 Å². The highest BCUT2D eigenvalue weighted by Gasteiger charge is 1.97. The van der Waals surface area contributed by atoms with Crippen LogP contribution in [0.15, 0.2) is 17.6 Å². The molecule has 0 aromatic rings. The molecule has 3 heteroatoms. The van der Waals surface area contributed by atoms with Gasteiger partial charge in [-0.3, -0.25) is 4.99 Å². The zero-order valence-corrected chi connectivity index (χ0v) is 5.29. The summed E-state index contributed by atoms with van der Waals surface area (Å²) in [4.78, 5) is 13.7. The highest BCUT2D eigenvalue weighted by molar-refractivity contribution is 6.34. The standard InChI is InChI=1S/C6H9NO2/c1-3-4-7-5(2)6(8)9/h3H,1,4H2,2H3,(H,8,9). The van der Waals surface area contributed by atoms with E-state index in [4.69, 9.17) is 5.11 Å². The predicted octanol–water partition coefficient (Wildman–Crippen LogP) is 0.718. The van der Waals surface area contributed by atoms with Gasteiger partial charge in [0, 0.05) is 0 Å². The van der Waals surface area contributed by atoms with E-state index in [0.29, 0.717) is 6.54 Å². The van der Waals surface area contributed by atoms with Crippen molar-refractivity contribution in [1.82, 2.24) is 0 Å². The molecule has 0 rings (SSSR count). The first kappa shape index (κ1) is 7.88. The summed E-state index contributed by atoms with van der Waals surface area (Å²) in [5.74, 6) is -0.975. The van der Waals surface area contributed by atoms with E-state index >= 15 is 0 Å². The van der Waals surface area contributed by atoms with Crippen LogP contribution < -0.4 is 0 Å². The Morgan fingerprint density at radius 3 is 2.78 bits per heavy atom. The molecule has 0 amide bonds. The van der Waals surface area contributed by atoms with Gasteiger partial charge in [-0.25, -0.2) is 4.79 Å². The molecular weight excluding hydrogens is 118 g/mol. The van der Waals surface area contributed by atoms with Crippen molar-refractivity contribution in [3.63, 3.8) is 0 Å². The average molecular weight is 127 g/mol. The third-order valence-electron chi connectivity index (χ3n) is 0.767. The molecule has 0 saturated heterocycles. The SMILES string of the molecule is C=CCN=C(C)C(=O)O. The van der Waals surface area contributed by atoms with Crippen molar-refractivity contribution in [3.05, 3.63) is 12.7 Å². The van der Waals surface area contributed by atoms with Crippen molar-refractivity contribution in [2.75, 3.05) is 6.54 Å². The fourth-order valence-corrected chi connectivity index (χ4v) is 0.269. The molecule has 9 heavy (non-hydrogen) atoms. The number of carboxylic acids is 1. The maximum absolute atomic E-state index is 10.0. The van der Waals surface area contributed by atoms with Gasteiger partial charge in [-0.2, -0.15) is 0 Å². The molecule has 0 aromatic carbocycles. The number of aliphatic imine (C=N–C) groups is 1. The summed E-state index contributed by atoms with van der Waals surface area (Å²) < 4.78 is 0. The first-order chi connectivity index (χ1) is 4.18. The van der Waals surface area contributed by atoms with Crippen molar-refractivity contribution in [2.45, 2.75) is 6.92 Å². The smallest absolute Gasteiger partial charge is 0.349 e. The molecule has 50 valence electrons. The van der Waals surface area contributed by atoms with Crippen LogP contribution >= 0.6 is 0 Å². The second-order valence-corrected chi connectivity index (χ2v) is 1.52. The number of hydrogen-bond donors (Lipinski definition) is 1. The normalized spacial score (nSPS) is 11.0. The monoisotopic (exact) mass is 127 g/mol. The van der Waals surface area contributed by atoms with Crippen LogP contribution in [0.25, 0.3) is 0 Å². The second-order valence-electron chi connectivity index (χ2n) is 1.52. The van der Waals surface area contributed by atoms with Crippen LogP contribution in [-0.2, 0) is 4.79 Å². The summed E-state index contributed by atoms with van der Waals surface area (Å²) in [6.07, 6.45) is 1.55. The second kappa shape index (κ2) is 3.83. The largest absolute Gasteiger partial charge is 0.477 e. The molecule has 0 aliphatic carbocycles. The van der Waals surface area contributed by atoms with Gasteiger partial charge >= 0.3 is 5.97 Å². The van der Waals surface area contributed by atoms with Gasteiger partial charge in [0.15, 0.2) is 0 Å². The number of rotatable bonds is 3. The molecule has 0 fully saturated rings. The average Bonchev–Trinajstić information content (AvgIpc) is 1.82. The first-order valence-corrected chi connectivity index (χ1v) is 2.53. The minimum Gasteiger partial charge on any atom is -0.477 e. The van der Waals surface area contributed by atoms with E-state index in [9.17, 15) is 4.79 Å². The van der Waals surface area contributed by atoms with Gasteiger partial charge in [0.05, 0.1) is 6.54 Å². The molecule has 0 unspecified atom stereocenters. The Labute approximate surface area is 53.7 Å². The molecule has 0 bridgehead atoms. The van der Waals surface area contributed by atoms with Gasteiger partial charge < -0.3 is 5.11 Å². The number of carbonyl (C=O) groups is 1. The zero-order chi connectivity index (χ0) is 7.28. The Kier molecular flexibility index (Phi) is 3.35. The van der Waals surface area contributed by atoms with Crippen LogP contribution in [-0.4, -0.2) is 23.3 Å². The third kappa shape index (κ3) is 3.46. The fraction of sp³-hybridized carbons (Fsp3) is 0.333. The first-order valence-electron chi connectivity index (χ1n) is 2.53. The molecule has 3 nitrogen and oxygen atoms in total. The van der Waals surface area contributed by atoms with E-state index in [-0.39, 0.29) is 5.71 Å². The molecule has 0 spiro atoms. The van der Waals surface area contributed by atoms with Gasteiger partial charge in [0.2, 0.25) is 0 Å². The van der Waals surface area contributed by atoms with E-state index in [0.717, 1.165) is 0 Å². The number of nitrogens with zero attached hydrogens (tertiary/aromatic N) is 1. The topological polar surface area (TPSA) is 49.7 Å². The number of aliphatic carboxylic acids is 1. The maximum Gasteiger partial charge on any atom is 0.349 e. The van der Waals surface area contributed by atoms with Gasteiger partial charge in [0.1, 0.15) is 5.71 Å². The summed E-state index contributed by atoms with van der Waals surface area (Å²) in [5.41, 5.74) is 0.120. The summed E-state index contributed by atoms with van der Waals surface area (Å²) in [5, 5.41) is 8.24. The molecule has 0 radical (unpaired) electrons. The third-order valence-corrected chi connectivity index (χ3v) is 0.767. The highest BCUT2D eigenvalue weighted by Crippen LogP contribution is 1.77. The van der Waals surface area contributed by atoms with Gasteiger partial charge in [0.25, 0.3) is 0 Å². The molecule has 0 aliphatic heterocycles. The highest BCUT2D eigenvalue weighted by atomic mass is 16.4. The molecule has 0 heterocycles. The van der Waals surface area contributed by atoms with Gasteiger partial charge in [-0.15, -0.1) is 6.58 Å². The minimum atomic E-state index is -0.975. The summed E-state index contributed by atoms with van der Waals surface area (Å²) >= 11 is 0. The molecule has 1 N–H and O–H groups in total. The Hall–Kier alpha value is -1.12. The molecule has 0 aliphatic rings. The predicted molar refractivity (Wildman–Crippen MR) is 35.8 cm³/mol. The Morgan fingerprint density at radius 2 is 2.44 bits per heavy atom. The molecular formula is C6H9NO2. The van der Waals surface area contributed by atoms with Crippen LogP contribution in [0.4, 0.5) is 0 Å². The van der Waals surface area contributed by atoms with Crippen LogP contribution in [0.2, 0.25) is 0 Å². The van der Waals surface area contributed by atoms with Crippen LogP contribution in [0.3, 0.4) is 0 Å². The Bertz CT molecular complexity index is 149. The van der Waals surface area contributed by atoms with Gasteiger partial charge in [-0.05, 0) is 6.92 Å². The summed E-state index contributed by atoms with van der Waals surface area (Å²) in [7, 11) is 0. The molecule has 0 aromatic heterocycles. The lowest BCUT2D eigenvalue weighted by Gasteiger charge is -1.87. The van der Waals surface area contributed by atoms with E-state index in [1.807, 2.05) is 0 Å². The van der Waals surface area contributed by atoms with E-state index in [1.165, 1.54) is 6.92 Å². The lowest BCUT2D eigenvalue weighted by Crippen LogP contribution is -2.08. The van der Waals surface area contributed by atoms with Crippen LogP contribution in [0, 0.1) is 0 Å². The quantitative estimate of drug-likeness (QED) is 0.448. The van der Waals surface area contributed by atoms with Crippen molar-refractivity contribution in [1.29, 1.82) is 0 Å².